The van der Waals surface area contributed by atoms with Crippen LogP contribution < -0.4 is 10.6 Å². The van der Waals surface area contributed by atoms with E-state index in [0.717, 1.165) is 22.4 Å². The number of nitrogens with one attached hydrogen (secondary N) is 2. The predicted molar refractivity (Wildman–Crippen MR) is 138 cm³/mol. The van der Waals surface area contributed by atoms with E-state index in [1.165, 1.54) is 4.90 Å². The number of anilines is 1. The second-order valence-corrected chi connectivity index (χ2v) is 9.00. The summed E-state index contributed by atoms with van der Waals surface area (Å²) in [6, 6.07) is 22.7. The molecule has 2 N–H and O–H groups in total. The standard InChI is InChI=1S/C29H31N3O4/c1-20-11-9-12-21(2)25(20)30-28(34)26(23-15-7-4-8-16-23)31-27(33)24-17-10-18-32(24)29(35)36-19-22-13-5-3-6-14-22/h3-9,11-16,24,26H,10,17-19H2,1-2H3,(H,30,34)(H,31,33)/t24-,26+/m0/s1. The Balaban J connectivity index is 1.48. The number of hydrogen-bond acceptors (Lipinski definition) is 4. The van der Waals surface area contributed by atoms with E-state index < -0.39 is 18.2 Å². The van der Waals surface area contributed by atoms with Gasteiger partial charge in [-0.1, -0.05) is 78.9 Å². The third-order valence-corrected chi connectivity index (χ3v) is 6.41. The number of para-hydroxylation sites is 1. The number of benzene rings is 3. The van der Waals surface area contributed by atoms with Gasteiger partial charge in [-0.25, -0.2) is 4.79 Å². The van der Waals surface area contributed by atoms with Gasteiger partial charge in [0.15, 0.2) is 0 Å². The van der Waals surface area contributed by atoms with E-state index in [0.29, 0.717) is 24.9 Å². The first kappa shape index (κ1) is 25.0. The van der Waals surface area contributed by atoms with E-state index in [-0.39, 0.29) is 18.4 Å². The highest BCUT2D eigenvalue weighted by Gasteiger charge is 2.37. The van der Waals surface area contributed by atoms with Crippen molar-refractivity contribution in [3.8, 4) is 0 Å². The van der Waals surface area contributed by atoms with Crippen LogP contribution in [0.1, 0.15) is 41.1 Å². The molecule has 1 aliphatic rings. The number of likely N-dealkylation sites (tertiary alicyclic amines) is 1. The van der Waals surface area contributed by atoms with Crippen LogP contribution in [-0.2, 0) is 20.9 Å². The molecule has 0 aliphatic carbocycles. The van der Waals surface area contributed by atoms with Crippen LogP contribution in [0.2, 0.25) is 0 Å². The number of aryl methyl sites for hydroxylation is 2. The average molecular weight is 486 g/mol. The zero-order valence-corrected chi connectivity index (χ0v) is 20.6. The summed E-state index contributed by atoms with van der Waals surface area (Å²) >= 11 is 0. The number of nitrogens with zero attached hydrogens (tertiary/aromatic N) is 1. The molecule has 7 heteroatoms. The van der Waals surface area contributed by atoms with Gasteiger partial charge in [0.05, 0.1) is 0 Å². The number of amides is 3. The lowest BCUT2D eigenvalue weighted by Crippen LogP contribution is -2.48. The molecule has 0 aromatic heterocycles. The minimum Gasteiger partial charge on any atom is -0.445 e. The Bertz CT molecular complexity index is 1190. The quantitative estimate of drug-likeness (QED) is 0.498. The van der Waals surface area contributed by atoms with Crippen molar-refractivity contribution in [2.24, 2.45) is 0 Å². The van der Waals surface area contributed by atoms with E-state index in [2.05, 4.69) is 10.6 Å². The van der Waals surface area contributed by atoms with Crippen LogP contribution in [0, 0.1) is 13.8 Å². The Kier molecular flexibility index (Phi) is 8.00. The molecule has 2 atom stereocenters. The van der Waals surface area contributed by atoms with Gasteiger partial charge in [-0.05, 0) is 48.9 Å². The first-order chi connectivity index (χ1) is 17.4. The lowest BCUT2D eigenvalue weighted by molar-refractivity contribution is -0.129. The van der Waals surface area contributed by atoms with Crippen LogP contribution in [0.15, 0.2) is 78.9 Å². The highest BCUT2D eigenvalue weighted by atomic mass is 16.6. The molecule has 1 aliphatic heterocycles. The second-order valence-electron chi connectivity index (χ2n) is 9.00. The van der Waals surface area contributed by atoms with Gasteiger partial charge < -0.3 is 15.4 Å². The molecule has 3 amide bonds. The molecule has 1 fully saturated rings. The monoisotopic (exact) mass is 485 g/mol. The maximum atomic E-state index is 13.4. The number of ether oxygens (including phenoxy) is 1. The van der Waals surface area contributed by atoms with Crippen LogP contribution in [0.5, 0.6) is 0 Å². The number of carbonyl (C=O) groups excluding carboxylic acids is 3. The molecule has 1 saturated heterocycles. The zero-order valence-electron chi connectivity index (χ0n) is 20.6. The van der Waals surface area contributed by atoms with Gasteiger partial charge in [0, 0.05) is 12.2 Å². The summed E-state index contributed by atoms with van der Waals surface area (Å²) in [7, 11) is 0. The highest BCUT2D eigenvalue weighted by Crippen LogP contribution is 2.24. The van der Waals surface area contributed by atoms with E-state index in [1.807, 2.05) is 80.6 Å². The van der Waals surface area contributed by atoms with Gasteiger partial charge in [-0.3, -0.25) is 14.5 Å². The van der Waals surface area contributed by atoms with Gasteiger partial charge >= 0.3 is 6.09 Å². The minimum absolute atomic E-state index is 0.134. The molecule has 7 nitrogen and oxygen atoms in total. The van der Waals surface area contributed by atoms with Crippen LogP contribution in [0.3, 0.4) is 0 Å². The van der Waals surface area contributed by atoms with Crippen LogP contribution in [0.25, 0.3) is 0 Å². The molecule has 36 heavy (non-hydrogen) atoms. The average Bonchev–Trinajstić information content (AvgIpc) is 3.39. The van der Waals surface area contributed by atoms with Crippen LogP contribution >= 0.6 is 0 Å². The molecular weight excluding hydrogens is 454 g/mol. The fraction of sp³-hybridized carbons (Fsp3) is 0.276. The fourth-order valence-corrected chi connectivity index (χ4v) is 4.45. The topological polar surface area (TPSA) is 87.7 Å². The van der Waals surface area contributed by atoms with Gasteiger partial charge in [0.1, 0.15) is 18.7 Å². The van der Waals surface area contributed by atoms with Crippen molar-refractivity contribution in [2.45, 2.75) is 45.4 Å². The summed E-state index contributed by atoms with van der Waals surface area (Å²) in [5.41, 5.74) is 4.13. The molecule has 0 unspecified atom stereocenters. The summed E-state index contributed by atoms with van der Waals surface area (Å²) in [6.07, 6.45) is 0.655. The number of carbonyl (C=O) groups is 3. The van der Waals surface area contributed by atoms with Crippen molar-refractivity contribution in [3.63, 3.8) is 0 Å². The first-order valence-corrected chi connectivity index (χ1v) is 12.1. The van der Waals surface area contributed by atoms with E-state index >= 15 is 0 Å². The maximum absolute atomic E-state index is 13.4. The van der Waals surface area contributed by atoms with Crippen molar-refractivity contribution in [3.05, 3.63) is 101 Å². The zero-order chi connectivity index (χ0) is 25.5. The molecule has 1 heterocycles. The Morgan fingerprint density at radius 2 is 1.56 bits per heavy atom. The smallest absolute Gasteiger partial charge is 0.410 e. The SMILES string of the molecule is Cc1cccc(C)c1NC(=O)[C@H](NC(=O)[C@@H]1CCCN1C(=O)OCc1ccccc1)c1ccccc1. The lowest BCUT2D eigenvalue weighted by atomic mass is 10.0. The predicted octanol–water partition coefficient (Wildman–Crippen LogP) is 4.90. The van der Waals surface area contributed by atoms with Gasteiger partial charge in [0.2, 0.25) is 5.91 Å². The third kappa shape index (κ3) is 5.92. The van der Waals surface area contributed by atoms with Crippen LogP contribution in [0.4, 0.5) is 10.5 Å². The highest BCUT2D eigenvalue weighted by molar-refractivity contribution is 5.99. The molecule has 186 valence electrons. The van der Waals surface area contributed by atoms with Crippen molar-refractivity contribution in [1.29, 1.82) is 0 Å². The molecule has 4 rings (SSSR count). The largest absolute Gasteiger partial charge is 0.445 e. The summed E-state index contributed by atoms with van der Waals surface area (Å²) in [6.45, 7) is 4.41. The molecule has 3 aromatic carbocycles. The molecule has 0 spiro atoms. The van der Waals surface area contributed by atoms with E-state index in [9.17, 15) is 14.4 Å². The molecule has 0 bridgehead atoms. The summed E-state index contributed by atoms with van der Waals surface area (Å²) in [5, 5.41) is 5.88. The van der Waals surface area contributed by atoms with Crippen molar-refractivity contribution in [1.82, 2.24) is 10.2 Å². The summed E-state index contributed by atoms with van der Waals surface area (Å²) in [5.74, 6) is -0.724. The molecule has 3 aromatic rings. The van der Waals surface area contributed by atoms with Crippen LogP contribution in [-0.4, -0.2) is 35.4 Å². The van der Waals surface area contributed by atoms with Gasteiger partial charge in [-0.15, -0.1) is 0 Å². The Morgan fingerprint density at radius 1 is 0.917 bits per heavy atom. The molecule has 0 saturated carbocycles. The first-order valence-electron chi connectivity index (χ1n) is 12.1. The van der Waals surface area contributed by atoms with E-state index in [1.54, 1.807) is 12.1 Å². The minimum atomic E-state index is -0.916. The Labute approximate surface area is 211 Å². The normalized spacial score (nSPS) is 15.7. The number of hydrogen-bond donors (Lipinski definition) is 2. The Hall–Kier alpha value is -4.13. The third-order valence-electron chi connectivity index (χ3n) is 6.41. The van der Waals surface area contributed by atoms with Crippen molar-refractivity contribution in [2.75, 3.05) is 11.9 Å². The Morgan fingerprint density at radius 3 is 2.22 bits per heavy atom. The van der Waals surface area contributed by atoms with Gasteiger partial charge in [0.25, 0.3) is 5.91 Å². The summed E-state index contributed by atoms with van der Waals surface area (Å²) < 4.78 is 5.46. The second kappa shape index (κ2) is 11.5. The van der Waals surface area contributed by atoms with Crippen molar-refractivity contribution < 1.29 is 19.1 Å². The number of rotatable bonds is 7. The molecule has 0 radical (unpaired) electrons. The fourth-order valence-electron chi connectivity index (χ4n) is 4.45. The lowest BCUT2D eigenvalue weighted by Gasteiger charge is -2.26. The molecular formula is C29H31N3O4. The van der Waals surface area contributed by atoms with Gasteiger partial charge in [-0.2, -0.15) is 0 Å². The van der Waals surface area contributed by atoms with E-state index in [4.69, 9.17) is 4.74 Å². The summed E-state index contributed by atoms with van der Waals surface area (Å²) in [4.78, 5) is 41.0. The maximum Gasteiger partial charge on any atom is 0.410 e. The van der Waals surface area contributed by atoms with Crippen molar-refractivity contribution >= 4 is 23.6 Å².